The highest BCUT2D eigenvalue weighted by Gasteiger charge is 2.38. The summed E-state index contributed by atoms with van der Waals surface area (Å²) in [7, 11) is 0. The first-order valence-corrected chi connectivity index (χ1v) is 11.9. The number of para-hydroxylation sites is 1. The van der Waals surface area contributed by atoms with Crippen molar-refractivity contribution in [2.45, 2.75) is 56.3 Å². The molecule has 1 aliphatic rings. The molecule has 3 amide bonds. The molecule has 1 aromatic carbocycles. The van der Waals surface area contributed by atoms with Crippen LogP contribution in [-0.4, -0.2) is 92.2 Å². The number of nitrogens with one attached hydrogen (secondary N) is 3. The highest BCUT2D eigenvalue weighted by atomic mass is 16.4. The van der Waals surface area contributed by atoms with Gasteiger partial charge >= 0.3 is 11.9 Å². The molecule has 0 spiro atoms. The number of nitrogens with two attached hydrogens (primary N) is 1. The van der Waals surface area contributed by atoms with E-state index in [1.807, 2.05) is 24.3 Å². The number of aliphatic carboxylic acids is 2. The van der Waals surface area contributed by atoms with Gasteiger partial charge in [0.05, 0.1) is 12.6 Å². The zero-order valence-corrected chi connectivity index (χ0v) is 20.1. The Morgan fingerprint density at radius 3 is 2.46 bits per heavy atom. The summed E-state index contributed by atoms with van der Waals surface area (Å²) in [6, 6.07) is 2.47. The topological polar surface area (TPSA) is 215 Å². The molecule has 1 aromatic heterocycles. The van der Waals surface area contributed by atoms with Crippen LogP contribution in [0.4, 0.5) is 0 Å². The average Bonchev–Trinajstić information content (AvgIpc) is 3.52. The zero-order chi connectivity index (χ0) is 27.1. The van der Waals surface area contributed by atoms with Crippen LogP contribution < -0.4 is 16.4 Å². The van der Waals surface area contributed by atoms with Crippen molar-refractivity contribution in [2.24, 2.45) is 5.73 Å². The van der Waals surface area contributed by atoms with Gasteiger partial charge in [0.15, 0.2) is 0 Å². The van der Waals surface area contributed by atoms with Crippen molar-refractivity contribution in [1.29, 1.82) is 0 Å². The molecule has 13 heteroatoms. The van der Waals surface area contributed by atoms with Gasteiger partial charge in [-0.05, 0) is 30.9 Å². The van der Waals surface area contributed by atoms with Crippen LogP contribution in [0.25, 0.3) is 10.9 Å². The number of carbonyl (C=O) groups is 5. The van der Waals surface area contributed by atoms with Gasteiger partial charge in [0.1, 0.15) is 18.1 Å². The Bertz CT molecular complexity index is 1160. The number of hydrogen-bond donors (Lipinski definition) is 7. The Balaban J connectivity index is 1.79. The fraction of sp³-hybridized carbons (Fsp3) is 0.458. The molecule has 1 fully saturated rings. The predicted molar refractivity (Wildman–Crippen MR) is 130 cm³/mol. The van der Waals surface area contributed by atoms with Crippen LogP contribution in [0, 0.1) is 0 Å². The number of benzene rings is 1. The summed E-state index contributed by atoms with van der Waals surface area (Å²) in [6.45, 7) is -0.590. The quantitative estimate of drug-likeness (QED) is 0.182. The number of likely N-dealkylation sites (tertiary alicyclic amines) is 1. The van der Waals surface area contributed by atoms with Gasteiger partial charge in [-0.25, -0.2) is 4.79 Å². The number of H-pyrrole nitrogens is 1. The summed E-state index contributed by atoms with van der Waals surface area (Å²) < 4.78 is 0. The minimum atomic E-state index is -1.46. The van der Waals surface area contributed by atoms with Gasteiger partial charge in [0, 0.05) is 36.5 Å². The lowest BCUT2D eigenvalue weighted by molar-refractivity contribution is -0.149. The SMILES string of the molecule is NC(CCC(=O)O)C(=O)NC(CO)C(=O)NC(Cc1c[nH]c2ccccc12)C(=O)N1CCCC1C(=O)O. The second kappa shape index (κ2) is 12.3. The highest BCUT2D eigenvalue weighted by molar-refractivity contribution is 5.95. The molecule has 200 valence electrons. The standard InChI is InChI=1S/C24H31N5O8/c25-15(7-8-20(31)32)21(33)28-18(12-30)22(34)27-17(23(35)29-9-3-6-19(29)24(36)37)10-13-11-26-16-5-2-1-4-14(13)16/h1-2,4-5,11,15,17-19,26,30H,3,6-10,12,25H2,(H,27,34)(H,28,33)(H,31,32)(H,36,37). The lowest BCUT2D eigenvalue weighted by Crippen LogP contribution is -2.58. The molecular weight excluding hydrogens is 486 g/mol. The van der Waals surface area contributed by atoms with E-state index in [-0.39, 0.29) is 25.8 Å². The number of aliphatic hydroxyl groups excluding tert-OH is 1. The number of carboxylic acids is 2. The molecule has 4 unspecified atom stereocenters. The lowest BCUT2D eigenvalue weighted by Gasteiger charge is -2.28. The van der Waals surface area contributed by atoms with E-state index in [1.54, 1.807) is 6.20 Å². The van der Waals surface area contributed by atoms with Crippen molar-refractivity contribution in [2.75, 3.05) is 13.2 Å². The number of nitrogens with zero attached hydrogens (tertiary/aromatic N) is 1. The summed E-state index contributed by atoms with van der Waals surface area (Å²) in [5.74, 6) is -4.57. The molecule has 0 saturated carbocycles. The molecule has 13 nitrogen and oxygen atoms in total. The summed E-state index contributed by atoms with van der Waals surface area (Å²) in [5, 5.41) is 33.7. The number of fused-ring (bicyclic) bond motifs is 1. The van der Waals surface area contributed by atoms with Gasteiger partial charge in [0.25, 0.3) is 0 Å². The minimum absolute atomic E-state index is 0.0294. The van der Waals surface area contributed by atoms with Crippen molar-refractivity contribution in [3.8, 4) is 0 Å². The first-order chi connectivity index (χ1) is 17.6. The van der Waals surface area contributed by atoms with Gasteiger partial charge in [-0.3, -0.25) is 19.2 Å². The number of amides is 3. The summed E-state index contributed by atoms with van der Waals surface area (Å²) in [6.07, 6.45) is 1.99. The molecule has 2 heterocycles. The van der Waals surface area contributed by atoms with Crippen molar-refractivity contribution in [1.82, 2.24) is 20.5 Å². The minimum Gasteiger partial charge on any atom is -0.481 e. The molecule has 0 aliphatic carbocycles. The highest BCUT2D eigenvalue weighted by Crippen LogP contribution is 2.23. The van der Waals surface area contributed by atoms with Crippen molar-refractivity contribution in [3.05, 3.63) is 36.0 Å². The average molecular weight is 518 g/mol. The van der Waals surface area contributed by atoms with Crippen molar-refractivity contribution >= 4 is 40.6 Å². The molecule has 1 aliphatic heterocycles. The van der Waals surface area contributed by atoms with Crippen LogP contribution in [0.15, 0.2) is 30.5 Å². The van der Waals surface area contributed by atoms with Crippen LogP contribution in [-0.2, 0) is 30.4 Å². The maximum atomic E-state index is 13.5. The van der Waals surface area contributed by atoms with Crippen molar-refractivity contribution in [3.63, 3.8) is 0 Å². The van der Waals surface area contributed by atoms with Gasteiger partial charge in [-0.1, -0.05) is 18.2 Å². The normalized spacial score (nSPS) is 17.7. The Morgan fingerprint density at radius 1 is 1.08 bits per heavy atom. The van der Waals surface area contributed by atoms with E-state index in [9.17, 15) is 34.2 Å². The van der Waals surface area contributed by atoms with Gasteiger partial charge in [-0.15, -0.1) is 0 Å². The molecule has 8 N–H and O–H groups in total. The molecule has 0 bridgehead atoms. The summed E-state index contributed by atoms with van der Waals surface area (Å²) >= 11 is 0. The number of aromatic amines is 1. The second-order valence-electron chi connectivity index (χ2n) is 8.94. The van der Waals surface area contributed by atoms with Crippen molar-refractivity contribution < 1.29 is 39.3 Å². The molecule has 4 atom stereocenters. The van der Waals surface area contributed by atoms with E-state index in [4.69, 9.17) is 10.8 Å². The van der Waals surface area contributed by atoms with E-state index < -0.39 is 60.4 Å². The van der Waals surface area contributed by atoms with Crippen LogP contribution in [0.1, 0.15) is 31.2 Å². The third-order valence-electron chi connectivity index (χ3n) is 6.36. The second-order valence-corrected chi connectivity index (χ2v) is 8.94. The number of carbonyl (C=O) groups excluding carboxylic acids is 3. The fourth-order valence-electron chi connectivity index (χ4n) is 4.36. The van der Waals surface area contributed by atoms with Gasteiger partial charge < -0.3 is 41.6 Å². The third kappa shape index (κ3) is 6.83. The Labute approximate surface area is 212 Å². The van der Waals surface area contributed by atoms with E-state index in [0.29, 0.717) is 18.4 Å². The predicted octanol–water partition coefficient (Wildman–Crippen LogP) is -1.06. The molecule has 1 saturated heterocycles. The van der Waals surface area contributed by atoms with E-state index in [1.165, 1.54) is 4.90 Å². The smallest absolute Gasteiger partial charge is 0.326 e. The van der Waals surface area contributed by atoms with Crippen LogP contribution in [0.5, 0.6) is 0 Å². The third-order valence-corrected chi connectivity index (χ3v) is 6.36. The molecule has 0 radical (unpaired) electrons. The van der Waals surface area contributed by atoms with E-state index in [2.05, 4.69) is 15.6 Å². The maximum Gasteiger partial charge on any atom is 0.326 e. The fourth-order valence-corrected chi connectivity index (χ4v) is 4.36. The van der Waals surface area contributed by atoms with E-state index in [0.717, 1.165) is 10.9 Å². The Hall–Kier alpha value is -3.97. The zero-order valence-electron chi connectivity index (χ0n) is 20.1. The number of carboxylic acid groups (broad SMARTS) is 2. The Kier molecular flexibility index (Phi) is 9.20. The summed E-state index contributed by atoms with van der Waals surface area (Å²) in [4.78, 5) is 65.5. The number of rotatable bonds is 12. The molecule has 37 heavy (non-hydrogen) atoms. The number of aromatic nitrogens is 1. The first-order valence-electron chi connectivity index (χ1n) is 11.9. The monoisotopic (exact) mass is 517 g/mol. The maximum absolute atomic E-state index is 13.5. The van der Waals surface area contributed by atoms with Crippen LogP contribution >= 0.6 is 0 Å². The Morgan fingerprint density at radius 2 is 1.78 bits per heavy atom. The first kappa shape index (κ1) is 27.6. The van der Waals surface area contributed by atoms with E-state index >= 15 is 0 Å². The summed E-state index contributed by atoms with van der Waals surface area (Å²) in [5.41, 5.74) is 7.20. The molecular formula is C24H31N5O8. The van der Waals surface area contributed by atoms with Gasteiger partial charge in [-0.2, -0.15) is 0 Å². The van der Waals surface area contributed by atoms with Crippen LogP contribution in [0.3, 0.4) is 0 Å². The molecule has 3 rings (SSSR count). The number of aliphatic hydroxyl groups is 1. The lowest BCUT2D eigenvalue weighted by atomic mass is 10.0. The van der Waals surface area contributed by atoms with Crippen LogP contribution in [0.2, 0.25) is 0 Å². The van der Waals surface area contributed by atoms with Gasteiger partial charge in [0.2, 0.25) is 17.7 Å². The largest absolute Gasteiger partial charge is 0.481 e. The molecule has 2 aromatic rings. The number of hydrogen-bond acceptors (Lipinski definition) is 7.